The SMILES string of the molecule is Oc1cccc2c3c([nH]c12)CCC(CC1CC(c2ccccc2)=CCN1)C3. The third kappa shape index (κ3) is 3.17. The maximum absolute atomic E-state index is 10.1. The summed E-state index contributed by atoms with van der Waals surface area (Å²) in [5, 5.41) is 15.0. The molecule has 2 aromatic carbocycles. The molecule has 0 saturated heterocycles. The quantitative estimate of drug-likeness (QED) is 0.629. The minimum absolute atomic E-state index is 0.366. The molecule has 0 fully saturated rings. The van der Waals surface area contributed by atoms with Gasteiger partial charge < -0.3 is 15.4 Å². The summed E-state index contributed by atoms with van der Waals surface area (Å²) in [6.07, 6.45) is 8.09. The van der Waals surface area contributed by atoms with Gasteiger partial charge in [-0.15, -0.1) is 0 Å². The molecule has 2 heterocycles. The Labute approximate surface area is 160 Å². The van der Waals surface area contributed by atoms with Crippen molar-refractivity contribution in [1.29, 1.82) is 0 Å². The van der Waals surface area contributed by atoms with Crippen molar-refractivity contribution in [3.8, 4) is 5.75 Å². The van der Waals surface area contributed by atoms with Gasteiger partial charge in [0.2, 0.25) is 0 Å². The molecule has 3 nitrogen and oxygen atoms in total. The van der Waals surface area contributed by atoms with E-state index in [1.165, 1.54) is 40.6 Å². The second-order valence-electron chi connectivity index (χ2n) is 8.03. The van der Waals surface area contributed by atoms with E-state index in [9.17, 15) is 5.11 Å². The van der Waals surface area contributed by atoms with Crippen molar-refractivity contribution >= 4 is 16.5 Å². The van der Waals surface area contributed by atoms with Crippen LogP contribution in [-0.2, 0) is 12.8 Å². The van der Waals surface area contributed by atoms with Gasteiger partial charge in [0.25, 0.3) is 0 Å². The van der Waals surface area contributed by atoms with Crippen LogP contribution in [0.25, 0.3) is 16.5 Å². The molecule has 0 saturated carbocycles. The molecule has 2 aliphatic rings. The highest BCUT2D eigenvalue weighted by atomic mass is 16.3. The predicted molar refractivity (Wildman–Crippen MR) is 111 cm³/mol. The lowest BCUT2D eigenvalue weighted by Crippen LogP contribution is -2.35. The zero-order valence-electron chi connectivity index (χ0n) is 15.5. The van der Waals surface area contributed by atoms with Gasteiger partial charge in [-0.1, -0.05) is 48.5 Å². The van der Waals surface area contributed by atoms with Crippen LogP contribution in [-0.4, -0.2) is 22.7 Å². The zero-order valence-corrected chi connectivity index (χ0v) is 15.5. The van der Waals surface area contributed by atoms with Gasteiger partial charge in [-0.25, -0.2) is 0 Å². The van der Waals surface area contributed by atoms with Crippen molar-refractivity contribution in [2.24, 2.45) is 5.92 Å². The number of aromatic hydroxyl groups is 1. The van der Waals surface area contributed by atoms with Gasteiger partial charge in [0, 0.05) is 23.7 Å². The standard InChI is InChI=1S/C24H26N2O/c27-23-8-4-7-20-21-14-16(9-10-22(21)26-24(20)23)13-19-15-18(11-12-25-19)17-5-2-1-3-6-17/h1-8,11,16,19,25-27H,9-10,12-15H2. The number of aromatic amines is 1. The first kappa shape index (κ1) is 16.6. The van der Waals surface area contributed by atoms with Gasteiger partial charge in [0.15, 0.2) is 0 Å². The van der Waals surface area contributed by atoms with Crippen molar-refractivity contribution in [1.82, 2.24) is 10.3 Å². The van der Waals surface area contributed by atoms with E-state index in [0.717, 1.165) is 31.3 Å². The van der Waals surface area contributed by atoms with E-state index in [2.05, 4.69) is 52.8 Å². The molecule has 3 heteroatoms. The van der Waals surface area contributed by atoms with E-state index in [1.807, 2.05) is 6.07 Å². The highest BCUT2D eigenvalue weighted by Gasteiger charge is 2.26. The van der Waals surface area contributed by atoms with Gasteiger partial charge >= 0.3 is 0 Å². The second-order valence-corrected chi connectivity index (χ2v) is 8.03. The Morgan fingerprint density at radius 1 is 1.00 bits per heavy atom. The Balaban J connectivity index is 1.31. The molecule has 3 N–H and O–H groups in total. The first-order chi connectivity index (χ1) is 13.3. The number of aryl methyl sites for hydroxylation is 1. The number of H-pyrrole nitrogens is 1. The Morgan fingerprint density at radius 3 is 2.78 bits per heavy atom. The highest BCUT2D eigenvalue weighted by Crippen LogP contribution is 2.37. The predicted octanol–water partition coefficient (Wildman–Crippen LogP) is 4.81. The zero-order chi connectivity index (χ0) is 18.2. The molecule has 3 aromatic rings. The van der Waals surface area contributed by atoms with Crippen LogP contribution in [0.2, 0.25) is 0 Å². The van der Waals surface area contributed by atoms with E-state index in [0.29, 0.717) is 17.7 Å². The summed E-state index contributed by atoms with van der Waals surface area (Å²) in [6.45, 7) is 0.966. The number of fused-ring (bicyclic) bond motifs is 3. The van der Waals surface area contributed by atoms with E-state index in [-0.39, 0.29) is 0 Å². The summed E-state index contributed by atoms with van der Waals surface area (Å²) in [4.78, 5) is 3.46. The van der Waals surface area contributed by atoms with Crippen LogP contribution >= 0.6 is 0 Å². The summed E-state index contributed by atoms with van der Waals surface area (Å²) in [6, 6.07) is 17.2. The number of rotatable bonds is 3. The monoisotopic (exact) mass is 358 g/mol. The Bertz CT molecular complexity index is 986. The molecule has 2 unspecified atom stereocenters. The number of nitrogens with one attached hydrogen (secondary N) is 2. The first-order valence-corrected chi connectivity index (χ1v) is 10.1. The van der Waals surface area contributed by atoms with Gasteiger partial charge in [-0.2, -0.15) is 0 Å². The molecule has 0 radical (unpaired) electrons. The van der Waals surface area contributed by atoms with E-state index < -0.39 is 0 Å². The molecule has 0 spiro atoms. The van der Waals surface area contributed by atoms with Gasteiger partial charge in [0.05, 0.1) is 5.52 Å². The summed E-state index contributed by atoms with van der Waals surface area (Å²) in [5.41, 5.74) is 6.50. The largest absolute Gasteiger partial charge is 0.506 e. The summed E-state index contributed by atoms with van der Waals surface area (Å²) >= 11 is 0. The number of phenols is 1. The molecule has 0 amide bonds. The third-order valence-corrected chi connectivity index (χ3v) is 6.29. The molecule has 0 bridgehead atoms. The molecular formula is C24H26N2O. The highest BCUT2D eigenvalue weighted by molar-refractivity contribution is 5.89. The van der Waals surface area contributed by atoms with Crippen molar-refractivity contribution in [3.63, 3.8) is 0 Å². The number of hydrogen-bond donors (Lipinski definition) is 3. The number of benzene rings is 2. The number of hydrogen-bond acceptors (Lipinski definition) is 2. The van der Waals surface area contributed by atoms with Crippen LogP contribution in [0, 0.1) is 5.92 Å². The van der Waals surface area contributed by atoms with Crippen LogP contribution in [0.4, 0.5) is 0 Å². The lowest BCUT2D eigenvalue weighted by Gasteiger charge is -2.30. The van der Waals surface area contributed by atoms with Crippen LogP contribution in [0.1, 0.15) is 36.1 Å². The average Bonchev–Trinajstić information content (AvgIpc) is 3.09. The number of para-hydroxylation sites is 1. The van der Waals surface area contributed by atoms with Gasteiger partial charge in [-0.05, 0) is 60.8 Å². The fraction of sp³-hybridized carbons (Fsp3) is 0.333. The molecule has 138 valence electrons. The minimum Gasteiger partial charge on any atom is -0.506 e. The van der Waals surface area contributed by atoms with Crippen molar-refractivity contribution < 1.29 is 5.11 Å². The fourth-order valence-electron chi connectivity index (χ4n) is 4.93. The van der Waals surface area contributed by atoms with E-state index in [4.69, 9.17) is 0 Å². The van der Waals surface area contributed by atoms with Crippen LogP contribution < -0.4 is 5.32 Å². The minimum atomic E-state index is 0.366. The third-order valence-electron chi connectivity index (χ3n) is 6.29. The molecule has 1 aliphatic carbocycles. The molecule has 1 aromatic heterocycles. The molecule has 2 atom stereocenters. The topological polar surface area (TPSA) is 48.0 Å². The molecular weight excluding hydrogens is 332 g/mol. The van der Waals surface area contributed by atoms with Gasteiger partial charge in [-0.3, -0.25) is 0 Å². The molecule has 1 aliphatic heterocycles. The number of aromatic nitrogens is 1. The van der Waals surface area contributed by atoms with Crippen molar-refractivity contribution in [3.05, 3.63) is 71.4 Å². The Morgan fingerprint density at radius 2 is 1.89 bits per heavy atom. The van der Waals surface area contributed by atoms with Crippen LogP contribution in [0.5, 0.6) is 5.75 Å². The van der Waals surface area contributed by atoms with Crippen LogP contribution in [0.3, 0.4) is 0 Å². The van der Waals surface area contributed by atoms with Crippen LogP contribution in [0.15, 0.2) is 54.6 Å². The summed E-state index contributed by atoms with van der Waals surface area (Å²) in [7, 11) is 0. The van der Waals surface area contributed by atoms with E-state index >= 15 is 0 Å². The lowest BCUT2D eigenvalue weighted by molar-refractivity contribution is 0.356. The maximum Gasteiger partial charge on any atom is 0.139 e. The smallest absolute Gasteiger partial charge is 0.139 e. The second kappa shape index (κ2) is 6.90. The normalized spacial score (nSPS) is 22.4. The average molecular weight is 358 g/mol. The summed E-state index contributed by atoms with van der Waals surface area (Å²) < 4.78 is 0. The first-order valence-electron chi connectivity index (χ1n) is 10.1. The van der Waals surface area contributed by atoms with Crippen molar-refractivity contribution in [2.45, 2.75) is 38.1 Å². The Kier molecular flexibility index (Phi) is 4.25. The molecule has 27 heavy (non-hydrogen) atoms. The van der Waals surface area contributed by atoms with Crippen molar-refractivity contribution in [2.75, 3.05) is 6.54 Å². The lowest BCUT2D eigenvalue weighted by atomic mass is 9.80. The fourth-order valence-corrected chi connectivity index (χ4v) is 4.93. The maximum atomic E-state index is 10.1. The molecule has 5 rings (SSSR count). The van der Waals surface area contributed by atoms with E-state index in [1.54, 1.807) is 6.07 Å². The summed E-state index contributed by atoms with van der Waals surface area (Å²) in [5.74, 6) is 1.07. The Hall–Kier alpha value is -2.52. The number of phenolic OH excluding ortho intramolecular Hbond substituents is 1. The van der Waals surface area contributed by atoms with Gasteiger partial charge in [0.1, 0.15) is 5.75 Å².